The van der Waals surface area contributed by atoms with Crippen LogP contribution in [0.15, 0.2) is 0 Å². The summed E-state index contributed by atoms with van der Waals surface area (Å²) < 4.78 is 11.2. The van der Waals surface area contributed by atoms with Gasteiger partial charge in [0.1, 0.15) is 0 Å². The lowest BCUT2D eigenvalue weighted by atomic mass is 10.4. The summed E-state index contributed by atoms with van der Waals surface area (Å²) in [6.07, 6.45) is 2.17. The van der Waals surface area contributed by atoms with Crippen LogP contribution >= 0.6 is 0 Å². The van der Waals surface area contributed by atoms with Gasteiger partial charge in [-0.1, -0.05) is 13.3 Å². The lowest BCUT2D eigenvalue weighted by Gasteiger charge is -2.06. The normalized spacial score (nSPS) is 16.7. The first-order valence-corrected chi connectivity index (χ1v) is 5.17. The molecule has 0 radical (unpaired) electrons. The Morgan fingerprint density at radius 2 is 2.20 bits per heavy atom. The molecule has 0 spiro atoms. The van der Waals surface area contributed by atoms with Gasteiger partial charge < -0.3 is 5.73 Å². The SMILES string of the molecule is CCCCS(=O)C(C)CN. The van der Waals surface area contributed by atoms with Gasteiger partial charge in [-0.25, -0.2) is 0 Å². The van der Waals surface area contributed by atoms with E-state index in [0.717, 1.165) is 18.6 Å². The minimum absolute atomic E-state index is 0.173. The maximum Gasteiger partial charge on any atom is 0.0442 e. The predicted octanol–water partition coefficient (Wildman–Crippen LogP) is 0.882. The van der Waals surface area contributed by atoms with E-state index < -0.39 is 10.8 Å². The molecule has 0 aliphatic carbocycles. The molecule has 62 valence electrons. The van der Waals surface area contributed by atoms with Crippen molar-refractivity contribution in [2.75, 3.05) is 12.3 Å². The fraction of sp³-hybridized carbons (Fsp3) is 1.00. The molecule has 2 N–H and O–H groups in total. The van der Waals surface area contributed by atoms with Crippen LogP contribution in [0.1, 0.15) is 26.7 Å². The van der Waals surface area contributed by atoms with E-state index in [9.17, 15) is 4.21 Å². The van der Waals surface area contributed by atoms with E-state index in [2.05, 4.69) is 6.92 Å². The molecule has 0 rings (SSSR count). The molecule has 0 aliphatic heterocycles. The van der Waals surface area contributed by atoms with E-state index >= 15 is 0 Å². The van der Waals surface area contributed by atoms with Crippen molar-refractivity contribution < 1.29 is 4.21 Å². The molecule has 3 heteroatoms. The molecule has 0 aromatic carbocycles. The fourth-order valence-corrected chi connectivity index (χ4v) is 1.79. The van der Waals surface area contributed by atoms with Gasteiger partial charge >= 0.3 is 0 Å². The van der Waals surface area contributed by atoms with Crippen molar-refractivity contribution in [3.05, 3.63) is 0 Å². The zero-order chi connectivity index (χ0) is 7.98. The van der Waals surface area contributed by atoms with Crippen LogP contribution in [0, 0.1) is 0 Å². The standard InChI is InChI=1S/C7H17NOS/c1-3-4-5-10(9)7(2)6-8/h7H,3-6,8H2,1-2H3. The van der Waals surface area contributed by atoms with Crippen LogP contribution in [0.4, 0.5) is 0 Å². The number of hydrogen-bond acceptors (Lipinski definition) is 2. The van der Waals surface area contributed by atoms with Crippen LogP contribution in [0.3, 0.4) is 0 Å². The average Bonchev–Trinajstić information content (AvgIpc) is 1.98. The maximum absolute atomic E-state index is 11.2. The van der Waals surface area contributed by atoms with Gasteiger partial charge in [0.2, 0.25) is 0 Å². The Morgan fingerprint density at radius 1 is 1.60 bits per heavy atom. The summed E-state index contributed by atoms with van der Waals surface area (Å²) in [6.45, 7) is 4.58. The third-order valence-corrected chi connectivity index (χ3v) is 3.26. The summed E-state index contributed by atoms with van der Waals surface area (Å²) in [5, 5.41) is 0.173. The Morgan fingerprint density at radius 3 is 2.60 bits per heavy atom. The molecule has 0 saturated heterocycles. The summed E-state index contributed by atoms with van der Waals surface area (Å²) >= 11 is 0. The molecule has 2 unspecified atom stereocenters. The smallest absolute Gasteiger partial charge is 0.0442 e. The van der Waals surface area contributed by atoms with E-state index in [4.69, 9.17) is 5.73 Å². The highest BCUT2D eigenvalue weighted by molar-refractivity contribution is 7.85. The molecule has 0 aromatic rings. The second-order valence-corrected chi connectivity index (χ2v) is 4.46. The first-order valence-electron chi connectivity index (χ1n) is 3.79. The van der Waals surface area contributed by atoms with Crippen molar-refractivity contribution in [1.29, 1.82) is 0 Å². The summed E-state index contributed by atoms with van der Waals surface area (Å²) in [5.41, 5.74) is 5.35. The third-order valence-electron chi connectivity index (χ3n) is 1.48. The first kappa shape index (κ1) is 10.1. The molecule has 0 fully saturated rings. The maximum atomic E-state index is 11.2. The van der Waals surface area contributed by atoms with E-state index in [-0.39, 0.29) is 5.25 Å². The summed E-state index contributed by atoms with van der Waals surface area (Å²) in [4.78, 5) is 0. The Kier molecular flexibility index (Phi) is 5.93. The van der Waals surface area contributed by atoms with Gasteiger partial charge in [0.15, 0.2) is 0 Å². The highest BCUT2D eigenvalue weighted by Gasteiger charge is 2.06. The minimum Gasteiger partial charge on any atom is -0.329 e. The molecule has 0 bridgehead atoms. The molecule has 0 amide bonds. The molecule has 0 aliphatic rings. The monoisotopic (exact) mass is 163 g/mol. The Hall–Kier alpha value is 0.110. The number of nitrogens with two attached hydrogens (primary N) is 1. The van der Waals surface area contributed by atoms with Gasteiger partial charge in [-0.05, 0) is 13.3 Å². The van der Waals surface area contributed by atoms with E-state index in [1.165, 1.54) is 0 Å². The largest absolute Gasteiger partial charge is 0.329 e. The van der Waals surface area contributed by atoms with Gasteiger partial charge in [-0.15, -0.1) is 0 Å². The first-order chi connectivity index (χ1) is 4.72. The fourth-order valence-electron chi connectivity index (χ4n) is 0.595. The van der Waals surface area contributed by atoms with Crippen molar-refractivity contribution in [3.63, 3.8) is 0 Å². The molecule has 2 nitrogen and oxygen atoms in total. The Labute approximate surface area is 65.6 Å². The van der Waals surface area contributed by atoms with Crippen molar-refractivity contribution in [2.45, 2.75) is 31.9 Å². The molecule has 10 heavy (non-hydrogen) atoms. The molecule has 2 atom stereocenters. The molecular formula is C7H17NOS. The van der Waals surface area contributed by atoms with Gasteiger partial charge in [0.05, 0.1) is 0 Å². The lowest BCUT2D eigenvalue weighted by molar-refractivity contribution is 0.669. The zero-order valence-electron chi connectivity index (χ0n) is 6.80. The second-order valence-electron chi connectivity index (χ2n) is 2.48. The van der Waals surface area contributed by atoms with Crippen molar-refractivity contribution >= 4 is 10.8 Å². The summed E-state index contributed by atoms with van der Waals surface area (Å²) in [7, 11) is -0.690. The van der Waals surface area contributed by atoms with E-state index in [1.54, 1.807) is 0 Å². The van der Waals surface area contributed by atoms with Crippen LogP contribution in [0.5, 0.6) is 0 Å². The van der Waals surface area contributed by atoms with Crippen LogP contribution in [0.2, 0.25) is 0 Å². The number of unbranched alkanes of at least 4 members (excludes halogenated alkanes) is 1. The summed E-state index contributed by atoms with van der Waals surface area (Å²) in [6, 6.07) is 0. The summed E-state index contributed by atoms with van der Waals surface area (Å²) in [5.74, 6) is 0.814. The zero-order valence-corrected chi connectivity index (χ0v) is 7.62. The third kappa shape index (κ3) is 4.01. The van der Waals surface area contributed by atoms with Gasteiger partial charge in [-0.3, -0.25) is 4.21 Å². The Balaban J connectivity index is 3.42. The molecular weight excluding hydrogens is 146 g/mol. The van der Waals surface area contributed by atoms with Crippen molar-refractivity contribution in [1.82, 2.24) is 0 Å². The van der Waals surface area contributed by atoms with Crippen LogP contribution in [-0.4, -0.2) is 21.8 Å². The highest BCUT2D eigenvalue weighted by Crippen LogP contribution is 1.97. The Bertz CT molecular complexity index is 106. The van der Waals surface area contributed by atoms with Crippen LogP contribution < -0.4 is 5.73 Å². The number of hydrogen-bond donors (Lipinski definition) is 1. The van der Waals surface area contributed by atoms with E-state index in [1.807, 2.05) is 6.92 Å². The number of rotatable bonds is 5. The predicted molar refractivity (Wildman–Crippen MR) is 46.4 cm³/mol. The van der Waals surface area contributed by atoms with Gasteiger partial charge in [0.25, 0.3) is 0 Å². The highest BCUT2D eigenvalue weighted by atomic mass is 32.2. The van der Waals surface area contributed by atoms with Crippen molar-refractivity contribution in [3.8, 4) is 0 Å². The van der Waals surface area contributed by atoms with Gasteiger partial charge in [-0.2, -0.15) is 0 Å². The minimum atomic E-state index is -0.690. The van der Waals surface area contributed by atoms with Crippen molar-refractivity contribution in [2.24, 2.45) is 5.73 Å². The second kappa shape index (κ2) is 5.86. The average molecular weight is 163 g/mol. The molecule has 0 heterocycles. The van der Waals surface area contributed by atoms with Crippen LogP contribution in [0.25, 0.3) is 0 Å². The lowest BCUT2D eigenvalue weighted by Crippen LogP contribution is -2.23. The molecule has 0 aromatic heterocycles. The quantitative estimate of drug-likeness (QED) is 0.654. The van der Waals surface area contributed by atoms with Gasteiger partial charge in [0, 0.05) is 28.3 Å². The van der Waals surface area contributed by atoms with Crippen LogP contribution in [-0.2, 0) is 10.8 Å². The van der Waals surface area contributed by atoms with E-state index in [0.29, 0.717) is 6.54 Å². The molecule has 0 saturated carbocycles. The topological polar surface area (TPSA) is 43.1 Å².